The molecule has 8 heteroatoms. The van der Waals surface area contributed by atoms with Crippen LogP contribution in [0.4, 0.5) is 0 Å². The summed E-state index contributed by atoms with van der Waals surface area (Å²) in [7, 11) is 0. The minimum absolute atomic E-state index is 0.165. The van der Waals surface area contributed by atoms with Crippen LogP contribution in [0.2, 0.25) is 0 Å². The molecule has 0 saturated heterocycles. The summed E-state index contributed by atoms with van der Waals surface area (Å²) in [4.78, 5) is 22.7. The largest absolute Gasteiger partial charge is 0.488 e. The van der Waals surface area contributed by atoms with E-state index < -0.39 is 5.97 Å². The maximum Gasteiger partial charge on any atom is 0.325 e. The van der Waals surface area contributed by atoms with Gasteiger partial charge in [0.2, 0.25) is 0 Å². The number of benzene rings is 1. The van der Waals surface area contributed by atoms with Gasteiger partial charge in [-0.3, -0.25) is 9.59 Å². The van der Waals surface area contributed by atoms with E-state index in [9.17, 15) is 9.59 Å². The first kappa shape index (κ1) is 17.5. The second kappa shape index (κ2) is 7.12. The van der Waals surface area contributed by atoms with Crippen LogP contribution in [0.25, 0.3) is 0 Å². The van der Waals surface area contributed by atoms with Gasteiger partial charge in [0.05, 0.1) is 12.7 Å². The number of aromatic nitrogens is 3. The van der Waals surface area contributed by atoms with Gasteiger partial charge in [-0.05, 0) is 45.0 Å². The lowest BCUT2D eigenvalue weighted by Gasteiger charge is -2.21. The summed E-state index contributed by atoms with van der Waals surface area (Å²) in [6.45, 7) is 5.75. The molecule has 0 saturated carbocycles. The van der Waals surface area contributed by atoms with Crippen molar-refractivity contribution in [3.63, 3.8) is 0 Å². The number of carbonyl (C=O) groups excluding carboxylic acids is 1. The summed E-state index contributed by atoms with van der Waals surface area (Å²) < 4.78 is 6.90. The first-order chi connectivity index (χ1) is 11.2. The Morgan fingerprint density at radius 1 is 1.25 bits per heavy atom. The molecular formula is C16H20N4O4. The molecule has 0 radical (unpaired) electrons. The van der Waals surface area contributed by atoms with Crippen molar-refractivity contribution < 1.29 is 19.4 Å². The highest BCUT2D eigenvalue weighted by molar-refractivity contribution is 5.94. The molecule has 1 amide bonds. The van der Waals surface area contributed by atoms with Crippen LogP contribution in [0, 0.1) is 0 Å². The van der Waals surface area contributed by atoms with Gasteiger partial charge in [-0.25, -0.2) is 4.68 Å². The molecule has 1 aromatic heterocycles. The van der Waals surface area contributed by atoms with Gasteiger partial charge in [-0.2, -0.15) is 0 Å². The van der Waals surface area contributed by atoms with E-state index in [1.165, 1.54) is 10.9 Å². The third kappa shape index (κ3) is 5.38. The highest BCUT2D eigenvalue weighted by Gasteiger charge is 2.13. The zero-order chi connectivity index (χ0) is 17.7. The quantitative estimate of drug-likeness (QED) is 0.829. The van der Waals surface area contributed by atoms with Gasteiger partial charge in [0, 0.05) is 5.56 Å². The smallest absolute Gasteiger partial charge is 0.325 e. The predicted octanol–water partition coefficient (Wildman–Crippen LogP) is 1.47. The molecule has 0 bridgehead atoms. The molecule has 2 aromatic rings. The van der Waals surface area contributed by atoms with Crippen molar-refractivity contribution in [3.05, 3.63) is 41.7 Å². The fourth-order valence-electron chi connectivity index (χ4n) is 1.94. The van der Waals surface area contributed by atoms with Crippen LogP contribution < -0.4 is 10.1 Å². The van der Waals surface area contributed by atoms with Crippen molar-refractivity contribution in [2.45, 2.75) is 39.5 Å². The monoisotopic (exact) mass is 332 g/mol. The Labute approximate surface area is 139 Å². The van der Waals surface area contributed by atoms with E-state index >= 15 is 0 Å². The number of rotatable bonds is 6. The second-order valence-corrected chi connectivity index (χ2v) is 6.22. The minimum Gasteiger partial charge on any atom is -0.488 e. The van der Waals surface area contributed by atoms with Crippen LogP contribution in [0.5, 0.6) is 5.75 Å². The highest BCUT2D eigenvalue weighted by Crippen LogP contribution is 2.18. The number of carboxylic acids is 1. The summed E-state index contributed by atoms with van der Waals surface area (Å²) in [5.74, 6) is -0.575. The van der Waals surface area contributed by atoms with Gasteiger partial charge in [0.15, 0.2) is 0 Å². The van der Waals surface area contributed by atoms with Gasteiger partial charge in [0.25, 0.3) is 5.91 Å². The first-order valence-electron chi connectivity index (χ1n) is 7.41. The van der Waals surface area contributed by atoms with Crippen molar-refractivity contribution in [1.82, 2.24) is 20.3 Å². The molecule has 0 aliphatic carbocycles. The Balaban J connectivity index is 1.90. The molecule has 8 nitrogen and oxygen atoms in total. The molecule has 1 heterocycles. The van der Waals surface area contributed by atoms with E-state index in [1.54, 1.807) is 24.3 Å². The van der Waals surface area contributed by atoms with Crippen molar-refractivity contribution in [1.29, 1.82) is 0 Å². The molecule has 0 atom stereocenters. The summed E-state index contributed by atoms with van der Waals surface area (Å²) in [6, 6.07) is 6.84. The maximum absolute atomic E-state index is 12.1. The number of nitrogens with zero attached hydrogens (tertiary/aromatic N) is 3. The average molecular weight is 332 g/mol. The van der Waals surface area contributed by atoms with Crippen LogP contribution in [0.3, 0.4) is 0 Å². The fraction of sp³-hybridized carbons (Fsp3) is 0.375. The number of carboxylic acid groups (broad SMARTS) is 1. The summed E-state index contributed by atoms with van der Waals surface area (Å²) in [5, 5.41) is 18.8. The summed E-state index contributed by atoms with van der Waals surface area (Å²) in [5.41, 5.74) is 0.678. The van der Waals surface area contributed by atoms with Crippen molar-refractivity contribution in [3.8, 4) is 5.75 Å². The molecule has 2 N–H and O–H groups in total. The van der Waals surface area contributed by atoms with E-state index in [1.807, 2.05) is 20.8 Å². The molecule has 128 valence electrons. The number of nitrogens with one attached hydrogen (secondary N) is 1. The molecule has 0 aliphatic rings. The highest BCUT2D eigenvalue weighted by atomic mass is 16.5. The zero-order valence-corrected chi connectivity index (χ0v) is 13.8. The summed E-state index contributed by atoms with van der Waals surface area (Å²) in [6.07, 6.45) is 1.48. The normalized spacial score (nSPS) is 11.1. The number of carbonyl (C=O) groups is 2. The lowest BCUT2D eigenvalue weighted by Crippen LogP contribution is -2.24. The lowest BCUT2D eigenvalue weighted by atomic mass is 10.1. The zero-order valence-electron chi connectivity index (χ0n) is 13.8. The third-order valence-corrected chi connectivity index (χ3v) is 2.85. The Bertz CT molecular complexity index is 716. The molecule has 24 heavy (non-hydrogen) atoms. The van der Waals surface area contributed by atoms with Crippen LogP contribution in [0.15, 0.2) is 30.5 Å². The third-order valence-electron chi connectivity index (χ3n) is 2.85. The van der Waals surface area contributed by atoms with Crippen LogP contribution >= 0.6 is 0 Å². The molecule has 0 aliphatic heterocycles. The second-order valence-electron chi connectivity index (χ2n) is 6.22. The van der Waals surface area contributed by atoms with Gasteiger partial charge >= 0.3 is 5.97 Å². The number of hydrogen-bond donors (Lipinski definition) is 2. The standard InChI is InChI=1S/C16H20N4O4/c1-16(2,3)24-13-6-4-11(5-7-13)15(23)17-8-12-9-20(19-18-12)10-14(21)22/h4-7,9H,8,10H2,1-3H3,(H,17,23)(H,21,22). The van der Waals surface area contributed by atoms with Gasteiger partial charge in [-0.15, -0.1) is 5.10 Å². The molecule has 0 unspecified atom stereocenters. The van der Waals surface area contributed by atoms with E-state index in [-0.39, 0.29) is 24.6 Å². The molecule has 1 aromatic carbocycles. The lowest BCUT2D eigenvalue weighted by molar-refractivity contribution is -0.137. The van der Waals surface area contributed by atoms with Gasteiger partial charge in [-0.1, -0.05) is 5.21 Å². The molecule has 0 fully saturated rings. The Morgan fingerprint density at radius 3 is 2.50 bits per heavy atom. The Hall–Kier alpha value is -2.90. The van der Waals surface area contributed by atoms with Gasteiger partial charge < -0.3 is 15.2 Å². The van der Waals surface area contributed by atoms with Crippen LogP contribution in [-0.4, -0.2) is 37.6 Å². The molecule has 2 rings (SSSR count). The van der Waals surface area contributed by atoms with E-state index in [0.717, 1.165) is 0 Å². The van der Waals surface area contributed by atoms with Crippen molar-refractivity contribution >= 4 is 11.9 Å². The molecular weight excluding hydrogens is 312 g/mol. The first-order valence-corrected chi connectivity index (χ1v) is 7.41. The Kier molecular flexibility index (Phi) is 5.18. The maximum atomic E-state index is 12.1. The van der Waals surface area contributed by atoms with E-state index in [0.29, 0.717) is 17.0 Å². The predicted molar refractivity (Wildman–Crippen MR) is 85.7 cm³/mol. The number of amides is 1. The van der Waals surface area contributed by atoms with Gasteiger partial charge in [0.1, 0.15) is 23.6 Å². The fourth-order valence-corrected chi connectivity index (χ4v) is 1.94. The van der Waals surface area contributed by atoms with Crippen molar-refractivity contribution in [2.75, 3.05) is 0 Å². The van der Waals surface area contributed by atoms with Crippen LogP contribution in [0.1, 0.15) is 36.8 Å². The average Bonchev–Trinajstić information content (AvgIpc) is 2.90. The SMILES string of the molecule is CC(C)(C)Oc1ccc(C(=O)NCc2cn(CC(=O)O)nn2)cc1. The van der Waals surface area contributed by atoms with E-state index in [2.05, 4.69) is 15.6 Å². The van der Waals surface area contributed by atoms with E-state index in [4.69, 9.17) is 9.84 Å². The number of aliphatic carboxylic acids is 1. The minimum atomic E-state index is -1.01. The Morgan fingerprint density at radius 2 is 1.92 bits per heavy atom. The van der Waals surface area contributed by atoms with Crippen LogP contribution in [-0.2, 0) is 17.9 Å². The number of ether oxygens (including phenoxy) is 1. The number of hydrogen-bond acceptors (Lipinski definition) is 5. The van der Waals surface area contributed by atoms with Crippen molar-refractivity contribution in [2.24, 2.45) is 0 Å². The topological polar surface area (TPSA) is 106 Å². The molecule has 0 spiro atoms. The summed E-state index contributed by atoms with van der Waals surface area (Å²) >= 11 is 0.